The number of fused-ring (bicyclic) bond motifs is 1. The van der Waals surface area contributed by atoms with Crippen LogP contribution in [0.2, 0.25) is 0 Å². The Morgan fingerprint density at radius 2 is 2.05 bits per heavy atom. The van der Waals surface area contributed by atoms with Gasteiger partial charge in [0, 0.05) is 28.7 Å². The fraction of sp³-hybridized carbons (Fsp3) is 0.143. The molecule has 96 valence electrons. The van der Waals surface area contributed by atoms with E-state index in [4.69, 9.17) is 10.5 Å². The van der Waals surface area contributed by atoms with Crippen molar-refractivity contribution in [3.63, 3.8) is 0 Å². The van der Waals surface area contributed by atoms with Crippen LogP contribution in [0.5, 0.6) is 5.88 Å². The molecule has 19 heavy (non-hydrogen) atoms. The first-order chi connectivity index (χ1) is 9.17. The molecule has 0 aliphatic heterocycles. The minimum absolute atomic E-state index is 0.204. The van der Waals surface area contributed by atoms with E-state index in [0.29, 0.717) is 5.88 Å². The first-order valence-electron chi connectivity index (χ1n) is 5.94. The van der Waals surface area contributed by atoms with Gasteiger partial charge in [-0.15, -0.1) is 0 Å². The number of nitrogen functional groups attached to an aromatic ring is 1. The van der Waals surface area contributed by atoms with Crippen LogP contribution in [-0.4, -0.2) is 22.1 Å². The lowest BCUT2D eigenvalue weighted by atomic mass is 10.1. The molecule has 0 amide bonds. The molecule has 3 aromatic rings. The highest BCUT2D eigenvalue weighted by molar-refractivity contribution is 5.95. The first-order valence-corrected chi connectivity index (χ1v) is 5.94. The Hall–Kier alpha value is -2.56. The lowest BCUT2D eigenvalue weighted by molar-refractivity contribution is 0.398. The molecule has 0 aliphatic carbocycles. The summed E-state index contributed by atoms with van der Waals surface area (Å²) in [7, 11) is 1.56. The number of rotatable bonds is 2. The van der Waals surface area contributed by atoms with Crippen molar-refractivity contribution in [3.8, 4) is 17.1 Å². The van der Waals surface area contributed by atoms with Crippen LogP contribution in [0.3, 0.4) is 0 Å². The highest BCUT2D eigenvalue weighted by Crippen LogP contribution is 2.29. The molecule has 0 aliphatic rings. The monoisotopic (exact) mass is 254 g/mol. The number of nitrogens with two attached hydrogens (primary N) is 1. The van der Waals surface area contributed by atoms with E-state index in [1.165, 1.54) is 5.56 Å². The second-order valence-electron chi connectivity index (χ2n) is 4.41. The van der Waals surface area contributed by atoms with Crippen LogP contribution in [0.1, 0.15) is 5.56 Å². The van der Waals surface area contributed by atoms with E-state index in [9.17, 15) is 0 Å². The van der Waals surface area contributed by atoms with E-state index in [1.54, 1.807) is 13.2 Å². The summed E-state index contributed by atoms with van der Waals surface area (Å²) in [5, 5.41) is 1.10. The van der Waals surface area contributed by atoms with Gasteiger partial charge < -0.3 is 15.5 Å². The van der Waals surface area contributed by atoms with Gasteiger partial charge in [-0.3, -0.25) is 0 Å². The third-order valence-electron chi connectivity index (χ3n) is 3.04. The highest BCUT2D eigenvalue weighted by atomic mass is 16.5. The zero-order chi connectivity index (χ0) is 13.4. The van der Waals surface area contributed by atoms with E-state index >= 15 is 0 Å². The molecule has 2 aromatic heterocycles. The smallest absolute Gasteiger partial charge is 0.223 e. The van der Waals surface area contributed by atoms with Crippen molar-refractivity contribution in [1.82, 2.24) is 15.0 Å². The van der Waals surface area contributed by atoms with E-state index in [1.807, 2.05) is 6.20 Å². The summed E-state index contributed by atoms with van der Waals surface area (Å²) in [5.74, 6) is 0.666. The van der Waals surface area contributed by atoms with Gasteiger partial charge in [-0.2, -0.15) is 4.98 Å². The number of methoxy groups -OCH3 is 1. The largest absolute Gasteiger partial charge is 0.481 e. The summed E-state index contributed by atoms with van der Waals surface area (Å²) in [6.07, 6.45) is 1.92. The van der Waals surface area contributed by atoms with Crippen molar-refractivity contribution in [3.05, 3.63) is 36.0 Å². The Morgan fingerprint density at radius 1 is 1.21 bits per heavy atom. The van der Waals surface area contributed by atoms with Gasteiger partial charge in [0.05, 0.1) is 12.8 Å². The van der Waals surface area contributed by atoms with Gasteiger partial charge in [-0.25, -0.2) is 4.98 Å². The standard InChI is InChI=1S/C14H14N4O/c1-8-3-4-9-10(7-16-11(9)5-8)12-6-13(19-2)18-14(15)17-12/h3-7,16H,1-2H3,(H2,15,17,18). The Labute approximate surface area is 110 Å². The van der Waals surface area contributed by atoms with Gasteiger partial charge in [0.1, 0.15) is 0 Å². The quantitative estimate of drug-likeness (QED) is 0.736. The van der Waals surface area contributed by atoms with Gasteiger partial charge in [0.15, 0.2) is 0 Å². The number of nitrogens with zero attached hydrogens (tertiary/aromatic N) is 2. The Balaban J connectivity index is 2.21. The fourth-order valence-electron chi connectivity index (χ4n) is 2.14. The zero-order valence-electron chi connectivity index (χ0n) is 10.8. The van der Waals surface area contributed by atoms with Crippen LogP contribution in [-0.2, 0) is 0 Å². The number of hydrogen-bond donors (Lipinski definition) is 2. The molecular formula is C14H14N4O. The maximum absolute atomic E-state index is 5.70. The van der Waals surface area contributed by atoms with E-state index in [0.717, 1.165) is 22.2 Å². The van der Waals surface area contributed by atoms with Crippen LogP contribution >= 0.6 is 0 Å². The average molecular weight is 254 g/mol. The Kier molecular flexibility index (Phi) is 2.59. The molecule has 3 rings (SSSR count). The van der Waals surface area contributed by atoms with Crippen molar-refractivity contribution >= 4 is 16.9 Å². The molecule has 0 saturated carbocycles. The number of aromatic nitrogens is 3. The summed E-state index contributed by atoms with van der Waals surface area (Å²) in [6, 6.07) is 8.02. The van der Waals surface area contributed by atoms with Crippen molar-refractivity contribution in [2.24, 2.45) is 0 Å². The van der Waals surface area contributed by atoms with Gasteiger partial charge in [-0.05, 0) is 18.6 Å². The van der Waals surface area contributed by atoms with E-state index in [2.05, 4.69) is 40.1 Å². The van der Waals surface area contributed by atoms with Gasteiger partial charge >= 0.3 is 0 Å². The van der Waals surface area contributed by atoms with E-state index in [-0.39, 0.29) is 5.95 Å². The lowest BCUT2D eigenvalue weighted by Crippen LogP contribution is -1.98. The molecule has 3 N–H and O–H groups in total. The zero-order valence-corrected chi connectivity index (χ0v) is 10.8. The highest BCUT2D eigenvalue weighted by Gasteiger charge is 2.10. The molecule has 5 heteroatoms. The molecule has 5 nitrogen and oxygen atoms in total. The number of aryl methyl sites for hydroxylation is 1. The number of nitrogens with one attached hydrogen (secondary N) is 1. The lowest BCUT2D eigenvalue weighted by Gasteiger charge is -2.04. The second kappa shape index (κ2) is 4.28. The predicted molar refractivity (Wildman–Crippen MR) is 75.0 cm³/mol. The number of ether oxygens (including phenoxy) is 1. The molecule has 0 saturated heterocycles. The van der Waals surface area contributed by atoms with Crippen LogP contribution in [0.25, 0.3) is 22.2 Å². The third-order valence-corrected chi connectivity index (χ3v) is 3.04. The molecule has 0 fully saturated rings. The molecule has 0 radical (unpaired) electrons. The molecule has 0 atom stereocenters. The topological polar surface area (TPSA) is 76.8 Å². The normalized spacial score (nSPS) is 10.8. The van der Waals surface area contributed by atoms with E-state index < -0.39 is 0 Å². The number of aromatic amines is 1. The fourth-order valence-corrected chi connectivity index (χ4v) is 2.14. The summed E-state index contributed by atoms with van der Waals surface area (Å²) in [4.78, 5) is 11.5. The molecule has 0 spiro atoms. The van der Waals surface area contributed by atoms with Gasteiger partial charge in [0.25, 0.3) is 0 Å². The molecular weight excluding hydrogens is 240 g/mol. The number of hydrogen-bond acceptors (Lipinski definition) is 4. The SMILES string of the molecule is COc1cc(-c2c[nH]c3cc(C)ccc23)nc(N)n1. The number of anilines is 1. The predicted octanol–water partition coefficient (Wildman–Crippen LogP) is 2.52. The summed E-state index contributed by atoms with van der Waals surface area (Å²) in [5.41, 5.74) is 9.72. The first kappa shape index (κ1) is 11.5. The van der Waals surface area contributed by atoms with Crippen LogP contribution in [0.4, 0.5) is 5.95 Å². The minimum atomic E-state index is 0.204. The summed E-state index contributed by atoms with van der Waals surface area (Å²) < 4.78 is 5.12. The van der Waals surface area contributed by atoms with Crippen LogP contribution < -0.4 is 10.5 Å². The van der Waals surface area contributed by atoms with Crippen LogP contribution in [0.15, 0.2) is 30.5 Å². The second-order valence-corrected chi connectivity index (χ2v) is 4.41. The summed E-state index contributed by atoms with van der Waals surface area (Å²) in [6.45, 7) is 2.06. The molecule has 0 bridgehead atoms. The summed E-state index contributed by atoms with van der Waals surface area (Å²) >= 11 is 0. The third kappa shape index (κ3) is 1.99. The molecule has 2 heterocycles. The van der Waals surface area contributed by atoms with Crippen LogP contribution in [0, 0.1) is 6.92 Å². The van der Waals surface area contributed by atoms with Gasteiger partial charge in [-0.1, -0.05) is 12.1 Å². The maximum atomic E-state index is 5.70. The molecule has 0 unspecified atom stereocenters. The van der Waals surface area contributed by atoms with Crippen molar-refractivity contribution in [2.75, 3.05) is 12.8 Å². The Bertz CT molecular complexity index is 748. The average Bonchev–Trinajstić information content (AvgIpc) is 2.80. The van der Waals surface area contributed by atoms with Gasteiger partial charge in [0.2, 0.25) is 11.8 Å². The number of H-pyrrole nitrogens is 1. The molecule has 1 aromatic carbocycles. The van der Waals surface area contributed by atoms with Crippen molar-refractivity contribution in [1.29, 1.82) is 0 Å². The maximum Gasteiger partial charge on any atom is 0.223 e. The van der Waals surface area contributed by atoms with Crippen molar-refractivity contribution < 1.29 is 4.74 Å². The number of benzene rings is 1. The van der Waals surface area contributed by atoms with Crippen molar-refractivity contribution in [2.45, 2.75) is 6.92 Å². The Morgan fingerprint density at radius 3 is 2.84 bits per heavy atom. The minimum Gasteiger partial charge on any atom is -0.481 e.